The molecule has 1 unspecified atom stereocenters. The van der Waals surface area contributed by atoms with Gasteiger partial charge >= 0.3 is 0 Å². The molecular weight excluding hydrogens is 475 g/mol. The van der Waals surface area contributed by atoms with Crippen molar-refractivity contribution in [3.63, 3.8) is 0 Å². The Labute approximate surface area is 213 Å². The van der Waals surface area contributed by atoms with Crippen LogP contribution in [0.1, 0.15) is 63.5 Å². The first-order valence-corrected chi connectivity index (χ1v) is 12.4. The number of aliphatic imine (C=N–C) groups is 1. The molecule has 3 N–H and O–H groups in total. The monoisotopic (exact) mass is 519 g/mol. The number of alkyl halides is 3. The lowest BCUT2D eigenvalue weighted by Crippen LogP contribution is -2.48. The lowest BCUT2D eigenvalue weighted by molar-refractivity contribution is -0.135. The number of aryl methyl sites for hydroxylation is 1. The number of aliphatic hydroxyl groups is 1. The summed E-state index contributed by atoms with van der Waals surface area (Å²) >= 11 is 0. The number of nitrogens with two attached hydrogens (primary N) is 1. The first-order chi connectivity index (χ1) is 17.4. The lowest BCUT2D eigenvalue weighted by atomic mass is 9.70. The summed E-state index contributed by atoms with van der Waals surface area (Å²) in [5, 5.41) is 7.00. The third-order valence-corrected chi connectivity index (χ3v) is 6.04. The molecule has 1 saturated carbocycles. The van der Waals surface area contributed by atoms with Gasteiger partial charge in [-0.05, 0) is 48.9 Å². The lowest BCUT2D eigenvalue weighted by Gasteiger charge is -2.37. The van der Waals surface area contributed by atoms with Crippen LogP contribution in [0.3, 0.4) is 0 Å². The van der Waals surface area contributed by atoms with Crippen molar-refractivity contribution in [3.05, 3.63) is 29.3 Å². The van der Waals surface area contributed by atoms with E-state index in [0.29, 0.717) is 31.7 Å². The fourth-order valence-electron chi connectivity index (χ4n) is 4.59. The van der Waals surface area contributed by atoms with Crippen LogP contribution in [0.25, 0.3) is 0 Å². The minimum absolute atomic E-state index is 0.0811. The number of amides is 1. The van der Waals surface area contributed by atoms with Crippen molar-refractivity contribution in [2.24, 2.45) is 16.6 Å². The van der Waals surface area contributed by atoms with Gasteiger partial charge in [-0.25, -0.2) is 13.8 Å². The van der Waals surface area contributed by atoms with Crippen LogP contribution in [0.15, 0.2) is 23.2 Å². The quantitative estimate of drug-likeness (QED) is 0.456. The van der Waals surface area contributed by atoms with Gasteiger partial charge in [0.05, 0.1) is 20.3 Å². The van der Waals surface area contributed by atoms with E-state index in [4.69, 9.17) is 20.3 Å². The van der Waals surface area contributed by atoms with Crippen molar-refractivity contribution in [1.29, 1.82) is 0 Å². The van der Waals surface area contributed by atoms with Gasteiger partial charge < -0.3 is 20.3 Å². The van der Waals surface area contributed by atoms with Gasteiger partial charge in [0.15, 0.2) is 11.5 Å². The molecule has 0 aromatic heterocycles. The molecule has 0 spiro atoms. The van der Waals surface area contributed by atoms with Crippen LogP contribution < -0.4 is 10.5 Å². The van der Waals surface area contributed by atoms with Gasteiger partial charge in [-0.1, -0.05) is 39.2 Å². The molecule has 0 saturated heterocycles. The van der Waals surface area contributed by atoms with Crippen molar-refractivity contribution in [2.75, 3.05) is 41.2 Å². The molecule has 1 aliphatic heterocycles. The molecule has 1 aromatic carbocycles. The number of guanidine groups is 1. The molecule has 1 amide bonds. The van der Waals surface area contributed by atoms with Crippen LogP contribution in [0, 0.1) is 12.8 Å². The fraction of sp³-hybridized carbons (Fsp3) is 0.692. The zero-order valence-electron chi connectivity index (χ0n) is 22.5. The maximum atomic E-state index is 13.6. The van der Waals surface area contributed by atoms with Crippen LogP contribution in [-0.4, -0.2) is 69.5 Å². The number of ether oxygens (including phenoxy) is 2. The highest BCUT2D eigenvalue weighted by molar-refractivity contribution is 6.07. The average Bonchev–Trinajstić information content (AvgIpc) is 3.16. The van der Waals surface area contributed by atoms with E-state index < -0.39 is 24.4 Å². The van der Waals surface area contributed by atoms with Gasteiger partial charge in [-0.2, -0.15) is 0 Å². The van der Waals surface area contributed by atoms with Crippen LogP contribution in [-0.2, 0) is 15.1 Å². The Morgan fingerprint density at radius 1 is 1.17 bits per heavy atom. The summed E-state index contributed by atoms with van der Waals surface area (Å²) < 4.78 is 46.7. The summed E-state index contributed by atoms with van der Waals surface area (Å²) in [5.74, 6) is -0.0401. The van der Waals surface area contributed by atoms with Gasteiger partial charge in [0, 0.05) is 27.2 Å². The molecule has 0 bridgehead atoms. The van der Waals surface area contributed by atoms with E-state index in [9.17, 15) is 18.0 Å². The van der Waals surface area contributed by atoms with E-state index in [2.05, 4.69) is 4.99 Å². The maximum absolute atomic E-state index is 13.6. The molecular formula is C26H44F3N3O4. The molecule has 2 aliphatic rings. The molecule has 7 nitrogen and oxygen atoms in total. The van der Waals surface area contributed by atoms with Crippen molar-refractivity contribution in [2.45, 2.75) is 71.3 Å². The predicted octanol–water partition coefficient (Wildman–Crippen LogP) is 4.83. The van der Waals surface area contributed by atoms with E-state index in [0.717, 1.165) is 56.1 Å². The van der Waals surface area contributed by atoms with E-state index in [1.54, 1.807) is 7.11 Å². The molecule has 1 atom stereocenters. The number of benzene rings is 1. The molecule has 3 rings (SSSR count). The summed E-state index contributed by atoms with van der Waals surface area (Å²) in [4.78, 5) is 19.1. The predicted molar refractivity (Wildman–Crippen MR) is 137 cm³/mol. The van der Waals surface area contributed by atoms with E-state index in [1.165, 1.54) is 0 Å². The Bertz CT molecular complexity index is 790. The minimum atomic E-state index is -2.68. The van der Waals surface area contributed by atoms with Crippen LogP contribution in [0.2, 0.25) is 0 Å². The smallest absolute Gasteiger partial charge is 0.262 e. The molecule has 1 fully saturated rings. The second kappa shape index (κ2) is 18.0. The number of hydrogen-bond acceptors (Lipinski definition) is 6. The molecule has 1 aliphatic carbocycles. The summed E-state index contributed by atoms with van der Waals surface area (Å²) in [5.41, 5.74) is 6.31. The van der Waals surface area contributed by atoms with Gasteiger partial charge in [0.2, 0.25) is 0 Å². The average molecular weight is 520 g/mol. The molecule has 36 heavy (non-hydrogen) atoms. The molecule has 0 radical (unpaired) electrons. The molecule has 1 aromatic rings. The second-order valence-electron chi connectivity index (χ2n) is 8.05. The van der Waals surface area contributed by atoms with Crippen molar-refractivity contribution in [1.82, 2.24) is 4.90 Å². The standard InChI is InChI=1S/C22H31F2N3O3.C2H6.CH3F.CH4O/c1-15-9-10-17(30-12-6-11-29-2)13-18(15)22(16-7-4-3-5-8-16)20(28)27(14-19(23)24)21(25)26-22;3*1-2/h9-10,13,16,19H,3-8,11-12,14H2,1-2H3,(H2,25,26);1-2H3;1H3;2H,1H3. The Balaban J connectivity index is 0.00000190. The van der Waals surface area contributed by atoms with Crippen molar-refractivity contribution in [3.8, 4) is 5.75 Å². The highest BCUT2D eigenvalue weighted by atomic mass is 19.3. The van der Waals surface area contributed by atoms with Gasteiger partial charge in [-0.3, -0.25) is 14.1 Å². The van der Waals surface area contributed by atoms with Gasteiger partial charge in [0.1, 0.15) is 5.75 Å². The Kier molecular flexibility index (Phi) is 16.8. The highest BCUT2D eigenvalue weighted by Crippen LogP contribution is 2.48. The summed E-state index contributed by atoms with van der Waals surface area (Å²) in [6, 6.07) is 5.57. The van der Waals surface area contributed by atoms with E-state index >= 15 is 0 Å². The molecule has 1 heterocycles. The third-order valence-electron chi connectivity index (χ3n) is 6.04. The van der Waals surface area contributed by atoms with Crippen LogP contribution in [0.4, 0.5) is 13.2 Å². The highest BCUT2D eigenvalue weighted by Gasteiger charge is 2.55. The largest absolute Gasteiger partial charge is 0.493 e. The van der Waals surface area contributed by atoms with Crippen LogP contribution >= 0.6 is 0 Å². The number of halogens is 3. The fourth-order valence-corrected chi connectivity index (χ4v) is 4.59. The number of aliphatic hydroxyl groups excluding tert-OH is 1. The maximum Gasteiger partial charge on any atom is 0.262 e. The number of methoxy groups -OCH3 is 1. The zero-order valence-corrected chi connectivity index (χ0v) is 22.5. The summed E-state index contributed by atoms with van der Waals surface area (Å²) in [6.07, 6.45) is 2.74. The number of carbonyl (C=O) groups excluding carboxylic acids is 1. The summed E-state index contributed by atoms with van der Waals surface area (Å²) in [7, 11) is 3.14. The van der Waals surface area contributed by atoms with E-state index in [1.807, 2.05) is 39.0 Å². The number of rotatable bonds is 9. The Hall–Kier alpha value is -2.33. The Morgan fingerprint density at radius 2 is 1.78 bits per heavy atom. The van der Waals surface area contributed by atoms with Gasteiger partial charge in [-0.15, -0.1) is 0 Å². The van der Waals surface area contributed by atoms with Crippen LogP contribution in [0.5, 0.6) is 5.75 Å². The van der Waals surface area contributed by atoms with Gasteiger partial charge in [0.25, 0.3) is 12.3 Å². The SMILES string of the molecule is CC.CF.CO.COCCCOc1ccc(C)c(C2(C3CCCCC3)N=C(N)N(CC(F)F)C2=O)c1. The second-order valence-corrected chi connectivity index (χ2v) is 8.05. The number of carbonyl (C=O) groups is 1. The Morgan fingerprint density at radius 3 is 2.33 bits per heavy atom. The zero-order chi connectivity index (χ0) is 27.7. The minimum Gasteiger partial charge on any atom is -0.493 e. The molecule has 10 heteroatoms. The summed E-state index contributed by atoms with van der Waals surface area (Å²) in [6.45, 7) is 6.23. The van der Waals surface area contributed by atoms with Crippen molar-refractivity contribution >= 4 is 11.9 Å². The number of hydrogen-bond donors (Lipinski definition) is 2. The molecule has 208 valence electrons. The first-order valence-electron chi connectivity index (χ1n) is 12.4. The first kappa shape index (κ1) is 33.7. The van der Waals surface area contributed by atoms with Crippen molar-refractivity contribution < 1.29 is 32.5 Å². The topological polar surface area (TPSA) is 97.4 Å². The number of nitrogens with zero attached hydrogens (tertiary/aromatic N) is 2. The van der Waals surface area contributed by atoms with E-state index in [-0.39, 0.29) is 11.9 Å². The normalized spacial score (nSPS) is 19.4. The third kappa shape index (κ3) is 8.37.